The molecule has 1 saturated heterocycles. The third kappa shape index (κ3) is 5.18. The fourth-order valence-corrected chi connectivity index (χ4v) is 3.72. The summed E-state index contributed by atoms with van der Waals surface area (Å²) in [5.41, 5.74) is 2.36. The summed E-state index contributed by atoms with van der Waals surface area (Å²) in [7, 11) is 1.78. The van der Waals surface area contributed by atoms with E-state index in [1.807, 2.05) is 76.2 Å². The molecule has 0 bridgehead atoms. The van der Waals surface area contributed by atoms with Gasteiger partial charge in [-0.15, -0.1) is 0 Å². The van der Waals surface area contributed by atoms with Gasteiger partial charge in [-0.3, -0.25) is 9.59 Å². The molecule has 4 nitrogen and oxygen atoms in total. The standard InChI is InChI=1S/C22H25ClN2O2.C2H6/c1-16-6-4-5-7-18(16)14-20(26)25-13-12-22(25,2)21(27)24(3)15-17-8-10-19(23)11-9-17;1-2/h4-11H,12-15H2,1-3H3;1-2H3. The van der Waals surface area contributed by atoms with Crippen molar-refractivity contribution >= 4 is 23.4 Å². The number of carbonyl (C=O) groups excluding carboxylic acids is 2. The summed E-state index contributed by atoms with van der Waals surface area (Å²) in [6, 6.07) is 15.3. The molecule has 2 aromatic rings. The number of hydrogen-bond acceptors (Lipinski definition) is 2. The van der Waals surface area contributed by atoms with Crippen LogP contribution in [0.4, 0.5) is 0 Å². The van der Waals surface area contributed by atoms with Gasteiger partial charge in [-0.05, 0) is 49.1 Å². The van der Waals surface area contributed by atoms with Gasteiger partial charge < -0.3 is 9.80 Å². The highest BCUT2D eigenvalue weighted by Gasteiger charge is 2.50. The highest BCUT2D eigenvalue weighted by molar-refractivity contribution is 6.30. The van der Waals surface area contributed by atoms with Gasteiger partial charge in [-0.1, -0.05) is 61.8 Å². The van der Waals surface area contributed by atoms with Crippen LogP contribution in [0.2, 0.25) is 5.02 Å². The second-order valence-corrected chi connectivity index (χ2v) is 7.90. The first-order valence-corrected chi connectivity index (χ1v) is 10.5. The summed E-state index contributed by atoms with van der Waals surface area (Å²) in [5.74, 6) is -0.0203. The predicted molar refractivity (Wildman–Crippen MR) is 119 cm³/mol. The average Bonchev–Trinajstić information content (AvgIpc) is 2.71. The van der Waals surface area contributed by atoms with E-state index < -0.39 is 5.54 Å². The molecular formula is C24H31ClN2O2. The van der Waals surface area contributed by atoms with Crippen LogP contribution in [0.15, 0.2) is 48.5 Å². The van der Waals surface area contributed by atoms with Gasteiger partial charge in [0.25, 0.3) is 0 Å². The number of nitrogens with zero attached hydrogens (tertiary/aromatic N) is 2. The minimum atomic E-state index is -0.763. The van der Waals surface area contributed by atoms with Crippen molar-refractivity contribution in [3.05, 3.63) is 70.2 Å². The van der Waals surface area contributed by atoms with Crippen LogP contribution in [0.1, 0.15) is 43.9 Å². The number of likely N-dealkylation sites (N-methyl/N-ethyl adjacent to an activating group) is 1. The Morgan fingerprint density at radius 3 is 2.28 bits per heavy atom. The number of halogens is 1. The smallest absolute Gasteiger partial charge is 0.248 e. The zero-order chi connectivity index (χ0) is 21.6. The maximum atomic E-state index is 13.1. The van der Waals surface area contributed by atoms with E-state index in [0.29, 0.717) is 31.0 Å². The first-order chi connectivity index (χ1) is 13.8. The maximum absolute atomic E-state index is 13.1. The van der Waals surface area contributed by atoms with E-state index in [2.05, 4.69) is 0 Å². The average molecular weight is 415 g/mol. The topological polar surface area (TPSA) is 40.6 Å². The fraction of sp³-hybridized carbons (Fsp3) is 0.417. The van der Waals surface area contributed by atoms with Gasteiger partial charge in [-0.25, -0.2) is 0 Å². The largest absolute Gasteiger partial charge is 0.339 e. The number of aryl methyl sites for hydroxylation is 1. The minimum Gasteiger partial charge on any atom is -0.339 e. The Kier molecular flexibility index (Phi) is 7.86. The zero-order valence-electron chi connectivity index (χ0n) is 18.0. The molecule has 29 heavy (non-hydrogen) atoms. The van der Waals surface area contributed by atoms with Crippen molar-refractivity contribution < 1.29 is 9.59 Å². The van der Waals surface area contributed by atoms with Gasteiger partial charge in [0.15, 0.2) is 0 Å². The summed E-state index contributed by atoms with van der Waals surface area (Å²) >= 11 is 5.92. The van der Waals surface area contributed by atoms with Crippen LogP contribution < -0.4 is 0 Å². The summed E-state index contributed by atoms with van der Waals surface area (Å²) in [5, 5.41) is 0.673. The summed E-state index contributed by atoms with van der Waals surface area (Å²) in [4.78, 5) is 29.3. The molecule has 1 unspecified atom stereocenters. The molecule has 0 spiro atoms. The Labute approximate surface area is 179 Å². The number of benzene rings is 2. The Balaban J connectivity index is 0.00000145. The lowest BCUT2D eigenvalue weighted by Gasteiger charge is -2.50. The summed E-state index contributed by atoms with van der Waals surface area (Å²) in [6.07, 6.45) is 1.02. The van der Waals surface area contributed by atoms with Crippen LogP contribution in [0.25, 0.3) is 0 Å². The number of rotatable bonds is 5. The van der Waals surface area contributed by atoms with E-state index in [-0.39, 0.29) is 11.8 Å². The van der Waals surface area contributed by atoms with Crippen molar-refractivity contribution in [3.63, 3.8) is 0 Å². The monoisotopic (exact) mass is 414 g/mol. The molecule has 5 heteroatoms. The van der Waals surface area contributed by atoms with Crippen molar-refractivity contribution in [2.75, 3.05) is 13.6 Å². The predicted octanol–water partition coefficient (Wildman–Crippen LogP) is 4.87. The van der Waals surface area contributed by atoms with Crippen LogP contribution in [-0.2, 0) is 22.6 Å². The van der Waals surface area contributed by atoms with Crippen LogP contribution in [0.5, 0.6) is 0 Å². The van der Waals surface area contributed by atoms with Gasteiger partial charge in [0.1, 0.15) is 5.54 Å². The Morgan fingerprint density at radius 1 is 1.10 bits per heavy atom. The molecule has 1 fully saturated rings. The lowest BCUT2D eigenvalue weighted by Crippen LogP contribution is -2.67. The Morgan fingerprint density at radius 2 is 1.72 bits per heavy atom. The van der Waals surface area contributed by atoms with Crippen molar-refractivity contribution in [2.45, 2.75) is 52.6 Å². The fourth-order valence-electron chi connectivity index (χ4n) is 3.59. The third-order valence-electron chi connectivity index (χ3n) is 5.46. The molecule has 1 aliphatic rings. The van der Waals surface area contributed by atoms with Crippen molar-refractivity contribution in [1.82, 2.24) is 9.80 Å². The molecule has 0 N–H and O–H groups in total. The lowest BCUT2D eigenvalue weighted by molar-refractivity contribution is -0.163. The molecule has 0 saturated carbocycles. The normalized spacial score (nSPS) is 17.7. The third-order valence-corrected chi connectivity index (χ3v) is 5.71. The molecule has 156 valence electrons. The molecule has 1 atom stereocenters. The van der Waals surface area contributed by atoms with Gasteiger partial charge in [0.2, 0.25) is 11.8 Å². The van der Waals surface area contributed by atoms with E-state index in [4.69, 9.17) is 11.6 Å². The van der Waals surface area contributed by atoms with E-state index in [9.17, 15) is 9.59 Å². The molecule has 3 rings (SSSR count). The van der Waals surface area contributed by atoms with E-state index in [0.717, 1.165) is 16.7 Å². The van der Waals surface area contributed by atoms with Gasteiger partial charge in [0, 0.05) is 25.2 Å². The first-order valence-electron chi connectivity index (χ1n) is 10.2. The number of amides is 2. The van der Waals surface area contributed by atoms with Crippen LogP contribution >= 0.6 is 11.6 Å². The van der Waals surface area contributed by atoms with E-state index in [1.54, 1.807) is 16.8 Å². The van der Waals surface area contributed by atoms with Crippen molar-refractivity contribution in [1.29, 1.82) is 0 Å². The molecule has 1 aliphatic heterocycles. The van der Waals surface area contributed by atoms with Crippen LogP contribution in [-0.4, -0.2) is 40.7 Å². The van der Waals surface area contributed by atoms with Crippen LogP contribution in [0.3, 0.4) is 0 Å². The Hall–Kier alpha value is -2.33. The lowest BCUT2D eigenvalue weighted by atomic mass is 9.84. The zero-order valence-corrected chi connectivity index (χ0v) is 18.8. The van der Waals surface area contributed by atoms with Crippen LogP contribution in [0, 0.1) is 6.92 Å². The van der Waals surface area contributed by atoms with Crippen molar-refractivity contribution in [3.8, 4) is 0 Å². The maximum Gasteiger partial charge on any atom is 0.248 e. The number of hydrogen-bond donors (Lipinski definition) is 0. The van der Waals surface area contributed by atoms with Gasteiger partial charge in [0.05, 0.1) is 6.42 Å². The quantitative estimate of drug-likeness (QED) is 0.700. The molecule has 0 aromatic heterocycles. The molecular weight excluding hydrogens is 384 g/mol. The van der Waals surface area contributed by atoms with E-state index >= 15 is 0 Å². The minimum absolute atomic E-state index is 0.00583. The highest BCUT2D eigenvalue weighted by Crippen LogP contribution is 2.33. The summed E-state index contributed by atoms with van der Waals surface area (Å²) in [6.45, 7) is 8.99. The van der Waals surface area contributed by atoms with Gasteiger partial charge >= 0.3 is 0 Å². The summed E-state index contributed by atoms with van der Waals surface area (Å²) < 4.78 is 0. The number of likely N-dealkylation sites (tertiary alicyclic amines) is 1. The molecule has 0 radical (unpaired) electrons. The number of carbonyl (C=O) groups is 2. The molecule has 1 heterocycles. The molecule has 2 amide bonds. The first kappa shape index (κ1) is 23.0. The SMILES string of the molecule is CC.Cc1ccccc1CC(=O)N1CCC1(C)C(=O)N(C)Cc1ccc(Cl)cc1. The van der Waals surface area contributed by atoms with E-state index in [1.165, 1.54) is 0 Å². The second kappa shape index (κ2) is 9.93. The molecule has 0 aliphatic carbocycles. The molecule has 2 aromatic carbocycles. The van der Waals surface area contributed by atoms with Crippen molar-refractivity contribution in [2.24, 2.45) is 0 Å². The van der Waals surface area contributed by atoms with Gasteiger partial charge in [-0.2, -0.15) is 0 Å². The highest BCUT2D eigenvalue weighted by atomic mass is 35.5. The Bertz CT molecular complexity index is 850. The second-order valence-electron chi connectivity index (χ2n) is 7.46.